The van der Waals surface area contributed by atoms with Crippen molar-refractivity contribution in [3.05, 3.63) is 70.0 Å². The molecule has 4 rings (SSSR count). The van der Waals surface area contributed by atoms with E-state index in [9.17, 15) is 0 Å². The first-order valence-corrected chi connectivity index (χ1v) is 10.5. The maximum Gasteiger partial charge on any atom is 0.206 e. The van der Waals surface area contributed by atoms with Crippen LogP contribution in [-0.4, -0.2) is 29.0 Å². The van der Waals surface area contributed by atoms with Crippen molar-refractivity contribution < 1.29 is 4.74 Å². The molecule has 0 saturated heterocycles. The lowest BCUT2D eigenvalue weighted by Gasteiger charge is -2.09. The number of para-hydroxylation sites is 2. The minimum atomic E-state index is 0.176. The maximum atomic E-state index is 5.58. The van der Waals surface area contributed by atoms with Gasteiger partial charge in [0.1, 0.15) is 5.75 Å². The molecule has 0 atom stereocenters. The second-order valence-electron chi connectivity index (χ2n) is 7.09. The fraction of sp³-hybridized carbons (Fsp3) is 0.217. The predicted octanol–water partition coefficient (Wildman–Crippen LogP) is 5.21. The monoisotopic (exact) mass is 404 g/mol. The Morgan fingerprint density at radius 1 is 1.10 bits per heavy atom. The van der Waals surface area contributed by atoms with Crippen molar-refractivity contribution in [3.8, 4) is 17.0 Å². The topological polar surface area (TPSA) is 54.7 Å². The molecule has 148 valence electrons. The van der Waals surface area contributed by atoms with Crippen LogP contribution in [0.5, 0.6) is 5.75 Å². The van der Waals surface area contributed by atoms with Crippen LogP contribution in [0.15, 0.2) is 64.0 Å². The summed E-state index contributed by atoms with van der Waals surface area (Å²) in [5.74, 6) is 0.814. The molecule has 2 aromatic heterocycles. The van der Waals surface area contributed by atoms with Crippen molar-refractivity contribution >= 4 is 28.5 Å². The number of aryl methyl sites for hydroxylation is 1. The molecule has 0 unspecified atom stereocenters. The van der Waals surface area contributed by atoms with Gasteiger partial charge in [0.15, 0.2) is 0 Å². The van der Waals surface area contributed by atoms with Crippen molar-refractivity contribution in [3.63, 3.8) is 0 Å². The van der Waals surface area contributed by atoms with Crippen molar-refractivity contribution in [2.45, 2.75) is 26.8 Å². The summed E-state index contributed by atoms with van der Waals surface area (Å²) in [7, 11) is 1.69. The number of fused-ring (bicyclic) bond motifs is 1. The van der Waals surface area contributed by atoms with Gasteiger partial charge in [-0.2, -0.15) is 5.10 Å². The van der Waals surface area contributed by atoms with Gasteiger partial charge in [0.25, 0.3) is 0 Å². The number of ether oxygens (including phenoxy) is 1. The zero-order chi connectivity index (χ0) is 20.4. The van der Waals surface area contributed by atoms with Gasteiger partial charge in [-0.1, -0.05) is 30.3 Å². The van der Waals surface area contributed by atoms with Crippen LogP contribution in [0.1, 0.15) is 25.1 Å². The van der Waals surface area contributed by atoms with Crippen LogP contribution in [0, 0.1) is 6.92 Å². The van der Waals surface area contributed by atoms with Gasteiger partial charge in [0.05, 0.1) is 19.0 Å². The molecule has 0 fully saturated rings. The first kappa shape index (κ1) is 19.2. The lowest BCUT2D eigenvalue weighted by molar-refractivity contribution is 0.416. The number of nitrogens with one attached hydrogen (secondary N) is 1. The average molecular weight is 405 g/mol. The molecule has 0 spiro atoms. The molecule has 0 radical (unpaired) electrons. The van der Waals surface area contributed by atoms with Crippen LogP contribution in [0.4, 0.5) is 0 Å². The van der Waals surface area contributed by atoms with Gasteiger partial charge >= 0.3 is 0 Å². The van der Waals surface area contributed by atoms with Crippen molar-refractivity contribution in [1.29, 1.82) is 0 Å². The summed E-state index contributed by atoms with van der Waals surface area (Å²) >= 11 is 1.58. The second-order valence-corrected chi connectivity index (χ2v) is 7.93. The highest BCUT2D eigenvalue weighted by molar-refractivity contribution is 7.07. The molecular weight excluding hydrogens is 380 g/mol. The Hall–Kier alpha value is -3.12. The smallest absolute Gasteiger partial charge is 0.206 e. The number of nitrogens with zero attached hydrogens (tertiary/aromatic N) is 3. The van der Waals surface area contributed by atoms with Gasteiger partial charge in [0, 0.05) is 39.1 Å². The quantitative estimate of drug-likeness (QED) is 0.456. The molecular formula is C23H24N4OS. The average Bonchev–Trinajstić information content (AvgIpc) is 3.25. The zero-order valence-corrected chi connectivity index (χ0v) is 17.8. The number of aromatic amines is 1. The Morgan fingerprint density at radius 3 is 2.66 bits per heavy atom. The van der Waals surface area contributed by atoms with Crippen LogP contribution in [0.3, 0.4) is 0 Å². The van der Waals surface area contributed by atoms with Crippen LogP contribution in [-0.2, 0) is 0 Å². The molecule has 4 aromatic rings. The first-order valence-electron chi connectivity index (χ1n) is 9.58. The van der Waals surface area contributed by atoms with Gasteiger partial charge < -0.3 is 9.72 Å². The SMILES string of the molecule is COc1ccccc1-c1csc(=NC(C)C)n1N=Cc1c(C)[nH]c2ccccc12. The number of hydrogen-bond donors (Lipinski definition) is 1. The number of H-pyrrole nitrogens is 1. The molecule has 0 aliphatic rings. The van der Waals surface area contributed by atoms with Gasteiger partial charge in [-0.15, -0.1) is 11.3 Å². The number of thiazole rings is 1. The summed E-state index contributed by atoms with van der Waals surface area (Å²) < 4.78 is 7.48. The molecule has 0 saturated carbocycles. The summed E-state index contributed by atoms with van der Waals surface area (Å²) in [6.07, 6.45) is 1.92. The Morgan fingerprint density at radius 2 is 1.86 bits per heavy atom. The Balaban J connectivity index is 1.89. The van der Waals surface area contributed by atoms with E-state index in [1.54, 1.807) is 18.4 Å². The van der Waals surface area contributed by atoms with Gasteiger partial charge in [-0.05, 0) is 39.0 Å². The van der Waals surface area contributed by atoms with Crippen LogP contribution < -0.4 is 9.54 Å². The van der Waals surface area contributed by atoms with E-state index in [0.717, 1.165) is 44.0 Å². The summed E-state index contributed by atoms with van der Waals surface area (Å²) in [6, 6.07) is 16.4. The summed E-state index contributed by atoms with van der Waals surface area (Å²) in [5, 5.41) is 8.10. The Labute approximate surface area is 174 Å². The maximum absolute atomic E-state index is 5.58. The first-order chi connectivity index (χ1) is 14.1. The molecule has 6 heteroatoms. The summed E-state index contributed by atoms with van der Waals surface area (Å²) in [4.78, 5) is 9.05. The Bertz CT molecular complexity index is 1240. The van der Waals surface area contributed by atoms with Crippen molar-refractivity contribution in [1.82, 2.24) is 9.66 Å². The molecule has 29 heavy (non-hydrogen) atoms. The fourth-order valence-electron chi connectivity index (χ4n) is 3.34. The number of rotatable bonds is 5. The van der Waals surface area contributed by atoms with E-state index in [-0.39, 0.29) is 6.04 Å². The van der Waals surface area contributed by atoms with E-state index in [2.05, 4.69) is 43.3 Å². The fourth-order valence-corrected chi connectivity index (χ4v) is 4.30. The zero-order valence-electron chi connectivity index (χ0n) is 17.0. The molecule has 0 aliphatic heterocycles. The molecule has 2 aromatic carbocycles. The minimum absolute atomic E-state index is 0.176. The van der Waals surface area contributed by atoms with Gasteiger partial charge in [-0.25, -0.2) is 4.68 Å². The van der Waals surface area contributed by atoms with Gasteiger partial charge in [-0.3, -0.25) is 4.99 Å². The Kier molecular flexibility index (Phi) is 5.36. The van der Waals surface area contributed by atoms with E-state index in [1.807, 2.05) is 47.3 Å². The highest BCUT2D eigenvalue weighted by Gasteiger charge is 2.13. The highest BCUT2D eigenvalue weighted by Crippen LogP contribution is 2.30. The van der Waals surface area contributed by atoms with E-state index >= 15 is 0 Å². The molecule has 5 nitrogen and oxygen atoms in total. The van der Waals surface area contributed by atoms with E-state index in [0.29, 0.717) is 0 Å². The molecule has 1 N–H and O–H groups in total. The molecule has 0 amide bonds. The number of aromatic nitrogens is 2. The van der Waals surface area contributed by atoms with E-state index in [4.69, 9.17) is 14.8 Å². The van der Waals surface area contributed by atoms with Gasteiger partial charge in [0.2, 0.25) is 4.80 Å². The standard InChI is InChI=1S/C23H24N4OS/c1-15(2)25-23-27(21(14-29-23)18-10-6-8-12-22(18)28-4)24-13-19-16(3)26-20-11-7-5-9-17(19)20/h5-15,26H,1-4H3. The number of benzene rings is 2. The van der Waals surface area contributed by atoms with Crippen molar-refractivity contribution in [2.75, 3.05) is 7.11 Å². The minimum Gasteiger partial charge on any atom is -0.496 e. The third-order valence-corrected chi connectivity index (χ3v) is 5.51. The van der Waals surface area contributed by atoms with Crippen LogP contribution >= 0.6 is 11.3 Å². The number of methoxy groups -OCH3 is 1. The van der Waals surface area contributed by atoms with E-state index in [1.165, 1.54) is 0 Å². The highest BCUT2D eigenvalue weighted by atomic mass is 32.1. The second kappa shape index (κ2) is 8.09. The van der Waals surface area contributed by atoms with Crippen LogP contribution in [0.25, 0.3) is 22.2 Å². The van der Waals surface area contributed by atoms with Crippen LogP contribution in [0.2, 0.25) is 0 Å². The third kappa shape index (κ3) is 3.76. The lowest BCUT2D eigenvalue weighted by atomic mass is 10.1. The summed E-state index contributed by atoms with van der Waals surface area (Å²) in [6.45, 7) is 6.21. The molecule has 0 bridgehead atoms. The largest absolute Gasteiger partial charge is 0.496 e. The summed E-state index contributed by atoms with van der Waals surface area (Å²) in [5.41, 5.74) is 5.23. The lowest BCUT2D eigenvalue weighted by Crippen LogP contribution is -2.14. The normalized spacial score (nSPS) is 12.5. The van der Waals surface area contributed by atoms with E-state index < -0.39 is 0 Å². The molecule has 2 heterocycles. The number of hydrogen-bond acceptors (Lipinski definition) is 4. The predicted molar refractivity (Wildman–Crippen MR) is 121 cm³/mol. The third-order valence-electron chi connectivity index (χ3n) is 4.68. The van der Waals surface area contributed by atoms with Crippen molar-refractivity contribution in [2.24, 2.45) is 10.1 Å². The molecule has 0 aliphatic carbocycles.